The number of carbonyl (C=O) groups excluding carboxylic acids is 1. The van der Waals surface area contributed by atoms with Crippen molar-refractivity contribution in [2.75, 3.05) is 6.54 Å². The fourth-order valence-electron chi connectivity index (χ4n) is 3.13. The number of nitrogens with one attached hydrogen (secondary N) is 1. The lowest BCUT2D eigenvalue weighted by atomic mass is 9.79. The molecule has 1 amide bonds. The maximum atomic E-state index is 12.3. The molecule has 0 fully saturated rings. The Morgan fingerprint density at radius 2 is 2.14 bits per heavy atom. The molecule has 1 aliphatic rings. The van der Waals surface area contributed by atoms with Crippen LogP contribution >= 0.6 is 0 Å². The zero-order valence-corrected chi connectivity index (χ0v) is 12.7. The minimum atomic E-state index is -0.985. The molecule has 22 heavy (non-hydrogen) atoms. The van der Waals surface area contributed by atoms with Gasteiger partial charge in [-0.15, -0.1) is 0 Å². The second-order valence-electron chi connectivity index (χ2n) is 5.86. The first-order valence-corrected chi connectivity index (χ1v) is 7.61. The third-order valence-corrected chi connectivity index (χ3v) is 4.35. The number of benzene rings is 1. The van der Waals surface area contributed by atoms with Gasteiger partial charge in [-0.1, -0.05) is 24.3 Å². The predicted octanol–water partition coefficient (Wildman–Crippen LogP) is 2.34. The van der Waals surface area contributed by atoms with Gasteiger partial charge in [0.1, 0.15) is 5.60 Å². The Kier molecular flexibility index (Phi) is 3.94. The summed E-state index contributed by atoms with van der Waals surface area (Å²) in [7, 11) is 0. The van der Waals surface area contributed by atoms with Crippen LogP contribution in [0.2, 0.25) is 0 Å². The van der Waals surface area contributed by atoms with Crippen LogP contribution in [0, 0.1) is 6.92 Å². The summed E-state index contributed by atoms with van der Waals surface area (Å²) in [5.74, 6) is -0.193. The maximum Gasteiger partial charge on any atom is 0.253 e. The van der Waals surface area contributed by atoms with Crippen molar-refractivity contribution in [1.29, 1.82) is 0 Å². The summed E-state index contributed by atoms with van der Waals surface area (Å²) in [6, 6.07) is 11.4. The maximum absolute atomic E-state index is 12.3. The van der Waals surface area contributed by atoms with Gasteiger partial charge in [0.2, 0.25) is 0 Å². The summed E-state index contributed by atoms with van der Waals surface area (Å²) in [6.07, 6.45) is 4.23. The number of hydrogen-bond acceptors (Lipinski definition) is 3. The van der Waals surface area contributed by atoms with Gasteiger partial charge in [0.05, 0.1) is 12.1 Å². The van der Waals surface area contributed by atoms with E-state index in [9.17, 15) is 9.90 Å². The standard InChI is InChI=1S/C18H20N2O2/c1-13-15(8-5-11-19-13)17(21)20-12-18(22)10-4-7-14-6-2-3-9-16(14)18/h2-3,5-6,8-9,11,22H,4,7,10,12H2,1H3,(H,20,21). The molecule has 1 aromatic carbocycles. The number of pyridine rings is 1. The van der Waals surface area contributed by atoms with E-state index in [-0.39, 0.29) is 12.5 Å². The van der Waals surface area contributed by atoms with Crippen molar-refractivity contribution >= 4 is 5.91 Å². The number of hydrogen-bond donors (Lipinski definition) is 2. The SMILES string of the molecule is Cc1ncccc1C(=O)NCC1(O)CCCc2ccccc21. The first-order valence-electron chi connectivity index (χ1n) is 7.61. The summed E-state index contributed by atoms with van der Waals surface area (Å²) in [6.45, 7) is 2.02. The number of fused-ring (bicyclic) bond motifs is 1. The van der Waals surface area contributed by atoms with E-state index in [1.807, 2.05) is 24.3 Å². The van der Waals surface area contributed by atoms with Crippen LogP contribution in [0.5, 0.6) is 0 Å². The highest BCUT2D eigenvalue weighted by atomic mass is 16.3. The fourth-order valence-corrected chi connectivity index (χ4v) is 3.13. The third kappa shape index (κ3) is 2.74. The number of carbonyl (C=O) groups is 1. The van der Waals surface area contributed by atoms with Crippen molar-refractivity contribution in [2.24, 2.45) is 0 Å². The lowest BCUT2D eigenvalue weighted by Crippen LogP contribution is -2.43. The highest BCUT2D eigenvalue weighted by Crippen LogP contribution is 2.34. The van der Waals surface area contributed by atoms with Gasteiger partial charge in [-0.3, -0.25) is 9.78 Å². The molecule has 0 bridgehead atoms. The van der Waals surface area contributed by atoms with Crippen molar-refractivity contribution in [1.82, 2.24) is 10.3 Å². The average Bonchev–Trinajstić information content (AvgIpc) is 2.54. The molecule has 0 saturated carbocycles. The second kappa shape index (κ2) is 5.89. The molecule has 0 spiro atoms. The molecule has 2 aromatic rings. The Labute approximate surface area is 130 Å². The number of amides is 1. The molecule has 0 saturated heterocycles. The third-order valence-electron chi connectivity index (χ3n) is 4.35. The largest absolute Gasteiger partial charge is 0.383 e. The molecule has 1 heterocycles. The van der Waals surface area contributed by atoms with Gasteiger partial charge >= 0.3 is 0 Å². The van der Waals surface area contributed by atoms with Crippen LogP contribution in [0.25, 0.3) is 0 Å². The van der Waals surface area contributed by atoms with Crippen molar-refractivity contribution in [2.45, 2.75) is 31.8 Å². The monoisotopic (exact) mass is 296 g/mol. The molecule has 1 unspecified atom stereocenters. The van der Waals surface area contributed by atoms with Crippen molar-refractivity contribution in [3.05, 3.63) is 65.0 Å². The van der Waals surface area contributed by atoms with E-state index in [1.54, 1.807) is 25.3 Å². The molecule has 114 valence electrons. The molecule has 1 aliphatic carbocycles. The molecule has 3 rings (SSSR count). The molecule has 1 aromatic heterocycles. The number of aliphatic hydroxyl groups is 1. The highest BCUT2D eigenvalue weighted by molar-refractivity contribution is 5.95. The predicted molar refractivity (Wildman–Crippen MR) is 84.6 cm³/mol. The topological polar surface area (TPSA) is 62.2 Å². The van der Waals surface area contributed by atoms with Gasteiger partial charge in [0.15, 0.2) is 0 Å². The minimum Gasteiger partial charge on any atom is -0.383 e. The molecule has 0 aliphatic heterocycles. The molecular formula is C18H20N2O2. The van der Waals surface area contributed by atoms with Gasteiger partial charge in [-0.25, -0.2) is 0 Å². The Hall–Kier alpha value is -2.20. The summed E-state index contributed by atoms with van der Waals surface area (Å²) in [5.41, 5.74) is 2.36. The lowest BCUT2D eigenvalue weighted by molar-refractivity contribution is 0.0189. The zero-order chi connectivity index (χ0) is 15.6. The van der Waals surface area contributed by atoms with Crippen LogP contribution in [0.3, 0.4) is 0 Å². The van der Waals surface area contributed by atoms with E-state index in [0.29, 0.717) is 17.7 Å². The van der Waals surface area contributed by atoms with E-state index >= 15 is 0 Å². The smallest absolute Gasteiger partial charge is 0.253 e. The van der Waals surface area contributed by atoms with Crippen LogP contribution in [-0.4, -0.2) is 22.5 Å². The van der Waals surface area contributed by atoms with Gasteiger partial charge in [0, 0.05) is 11.9 Å². The van der Waals surface area contributed by atoms with Gasteiger partial charge in [-0.2, -0.15) is 0 Å². The molecule has 0 radical (unpaired) electrons. The molecular weight excluding hydrogens is 276 g/mol. The number of aromatic nitrogens is 1. The first-order chi connectivity index (χ1) is 10.6. The van der Waals surface area contributed by atoms with Crippen molar-refractivity contribution in [3.63, 3.8) is 0 Å². The van der Waals surface area contributed by atoms with Crippen LogP contribution < -0.4 is 5.32 Å². The fraction of sp³-hybridized carbons (Fsp3) is 0.333. The van der Waals surface area contributed by atoms with Crippen molar-refractivity contribution in [3.8, 4) is 0 Å². The summed E-state index contributed by atoms with van der Waals surface area (Å²) >= 11 is 0. The lowest BCUT2D eigenvalue weighted by Gasteiger charge is -2.34. The second-order valence-corrected chi connectivity index (χ2v) is 5.86. The number of aryl methyl sites for hydroxylation is 2. The molecule has 1 atom stereocenters. The van der Waals surface area contributed by atoms with E-state index in [0.717, 1.165) is 18.4 Å². The van der Waals surface area contributed by atoms with E-state index in [4.69, 9.17) is 0 Å². The summed E-state index contributed by atoms with van der Waals surface area (Å²) < 4.78 is 0. The van der Waals surface area contributed by atoms with Crippen LogP contribution in [-0.2, 0) is 12.0 Å². The quantitative estimate of drug-likeness (QED) is 0.914. The Balaban J connectivity index is 1.77. The summed E-state index contributed by atoms with van der Waals surface area (Å²) in [5, 5.41) is 13.8. The Morgan fingerprint density at radius 1 is 1.32 bits per heavy atom. The zero-order valence-electron chi connectivity index (χ0n) is 12.7. The number of rotatable bonds is 3. The van der Waals surface area contributed by atoms with Crippen molar-refractivity contribution < 1.29 is 9.90 Å². The van der Waals surface area contributed by atoms with Crippen LogP contribution in [0.4, 0.5) is 0 Å². The molecule has 4 nitrogen and oxygen atoms in total. The Bertz CT molecular complexity index is 699. The Morgan fingerprint density at radius 3 is 2.95 bits per heavy atom. The van der Waals surface area contributed by atoms with E-state index in [2.05, 4.69) is 10.3 Å². The molecule has 2 N–H and O–H groups in total. The minimum absolute atomic E-state index is 0.193. The van der Waals surface area contributed by atoms with Crippen LogP contribution in [0.15, 0.2) is 42.6 Å². The normalized spacial score (nSPS) is 20.3. The first kappa shape index (κ1) is 14.7. The highest BCUT2D eigenvalue weighted by Gasteiger charge is 2.34. The van der Waals surface area contributed by atoms with E-state index in [1.165, 1.54) is 5.56 Å². The van der Waals surface area contributed by atoms with E-state index < -0.39 is 5.60 Å². The summed E-state index contributed by atoms with van der Waals surface area (Å²) in [4.78, 5) is 16.4. The van der Waals surface area contributed by atoms with Gasteiger partial charge in [0.25, 0.3) is 5.91 Å². The number of nitrogens with zero attached hydrogens (tertiary/aromatic N) is 1. The average molecular weight is 296 g/mol. The van der Waals surface area contributed by atoms with Gasteiger partial charge in [-0.05, 0) is 49.4 Å². The van der Waals surface area contributed by atoms with Crippen LogP contribution in [0.1, 0.15) is 40.0 Å². The van der Waals surface area contributed by atoms with Gasteiger partial charge < -0.3 is 10.4 Å². The molecule has 4 heteroatoms.